The van der Waals surface area contributed by atoms with Gasteiger partial charge in [-0.05, 0) is 37.5 Å². The monoisotopic (exact) mass is 152 g/mol. The van der Waals surface area contributed by atoms with E-state index in [1.807, 2.05) is 0 Å². The lowest BCUT2D eigenvalue weighted by atomic mass is 9.76. The first-order valence-corrected chi connectivity index (χ1v) is 4.83. The Balaban J connectivity index is 2.69. The summed E-state index contributed by atoms with van der Waals surface area (Å²) in [5.41, 5.74) is 1.61. The van der Waals surface area contributed by atoms with Gasteiger partial charge in [-0.15, -0.1) is 0 Å². The topological polar surface area (TPSA) is 0 Å². The van der Waals surface area contributed by atoms with Crippen LogP contribution in [-0.4, -0.2) is 0 Å². The van der Waals surface area contributed by atoms with Crippen molar-refractivity contribution in [3.05, 3.63) is 11.6 Å². The summed E-state index contributed by atoms with van der Waals surface area (Å²) >= 11 is 0. The van der Waals surface area contributed by atoms with Gasteiger partial charge < -0.3 is 0 Å². The van der Waals surface area contributed by atoms with Gasteiger partial charge in [-0.1, -0.05) is 32.4 Å². The summed E-state index contributed by atoms with van der Waals surface area (Å²) in [5, 5.41) is 0. The molecule has 0 aliphatic heterocycles. The highest BCUT2D eigenvalue weighted by atomic mass is 14.3. The van der Waals surface area contributed by atoms with Crippen LogP contribution in [0.3, 0.4) is 0 Å². The highest BCUT2D eigenvalue weighted by Crippen LogP contribution is 2.33. The Morgan fingerprint density at radius 1 is 1.45 bits per heavy atom. The van der Waals surface area contributed by atoms with E-state index in [1.165, 1.54) is 12.8 Å². The van der Waals surface area contributed by atoms with Gasteiger partial charge in [-0.3, -0.25) is 0 Å². The Labute approximate surface area is 70.7 Å². The summed E-state index contributed by atoms with van der Waals surface area (Å²) in [7, 11) is 0. The fraction of sp³-hybridized carbons (Fsp3) is 0.818. The fourth-order valence-corrected chi connectivity index (χ4v) is 2.10. The first kappa shape index (κ1) is 8.83. The number of allylic oxidation sites excluding steroid dienone is 2. The first-order chi connectivity index (χ1) is 5.15. The van der Waals surface area contributed by atoms with E-state index >= 15 is 0 Å². The molecule has 0 heteroatoms. The Morgan fingerprint density at radius 2 is 2.09 bits per heavy atom. The lowest BCUT2D eigenvalue weighted by Crippen LogP contribution is -2.18. The summed E-state index contributed by atoms with van der Waals surface area (Å²) in [6.07, 6.45) is 5.19. The Morgan fingerprint density at radius 3 is 2.64 bits per heavy atom. The summed E-state index contributed by atoms with van der Waals surface area (Å²) in [4.78, 5) is 0. The molecule has 0 saturated carbocycles. The molecule has 1 rings (SSSR count). The average molecular weight is 152 g/mol. The molecule has 3 atom stereocenters. The van der Waals surface area contributed by atoms with Gasteiger partial charge in [0.25, 0.3) is 0 Å². The maximum atomic E-state index is 2.48. The second-order valence-corrected chi connectivity index (χ2v) is 4.10. The van der Waals surface area contributed by atoms with E-state index in [0.717, 1.165) is 17.8 Å². The summed E-state index contributed by atoms with van der Waals surface area (Å²) in [6.45, 7) is 9.29. The predicted octanol–water partition coefficient (Wildman–Crippen LogP) is 3.63. The molecule has 0 aromatic rings. The largest absolute Gasteiger partial charge is 0.0820 e. The second kappa shape index (κ2) is 3.42. The van der Waals surface area contributed by atoms with Crippen molar-refractivity contribution in [2.45, 2.75) is 40.5 Å². The average Bonchev–Trinajstić information content (AvgIpc) is 1.97. The van der Waals surface area contributed by atoms with Crippen molar-refractivity contribution in [1.29, 1.82) is 0 Å². The van der Waals surface area contributed by atoms with E-state index in [0.29, 0.717) is 0 Å². The SMILES string of the molecule is CCC1C=C(C)C(C)C[C@H]1C. The third-order valence-electron chi connectivity index (χ3n) is 3.18. The van der Waals surface area contributed by atoms with Crippen LogP contribution in [0.4, 0.5) is 0 Å². The molecule has 11 heavy (non-hydrogen) atoms. The van der Waals surface area contributed by atoms with E-state index in [-0.39, 0.29) is 0 Å². The molecular formula is C11H20. The lowest BCUT2D eigenvalue weighted by molar-refractivity contribution is 0.325. The predicted molar refractivity (Wildman–Crippen MR) is 50.5 cm³/mol. The fourth-order valence-electron chi connectivity index (χ4n) is 2.10. The van der Waals surface area contributed by atoms with Crippen molar-refractivity contribution in [3.63, 3.8) is 0 Å². The van der Waals surface area contributed by atoms with Gasteiger partial charge in [-0.2, -0.15) is 0 Å². The van der Waals surface area contributed by atoms with Crippen LogP contribution in [0.2, 0.25) is 0 Å². The lowest BCUT2D eigenvalue weighted by Gasteiger charge is -2.30. The molecule has 2 unspecified atom stereocenters. The molecule has 0 heterocycles. The van der Waals surface area contributed by atoms with Gasteiger partial charge in [0.15, 0.2) is 0 Å². The summed E-state index contributed by atoms with van der Waals surface area (Å²) in [6, 6.07) is 0. The van der Waals surface area contributed by atoms with Gasteiger partial charge in [0.1, 0.15) is 0 Å². The Hall–Kier alpha value is -0.260. The molecule has 1 aliphatic carbocycles. The molecule has 0 saturated heterocycles. The smallest absolute Gasteiger partial charge is 0.0208 e. The molecule has 0 fully saturated rings. The minimum atomic E-state index is 0.827. The van der Waals surface area contributed by atoms with Crippen LogP contribution in [0.15, 0.2) is 11.6 Å². The van der Waals surface area contributed by atoms with Crippen LogP contribution in [0.25, 0.3) is 0 Å². The molecule has 0 N–H and O–H groups in total. The molecular weight excluding hydrogens is 132 g/mol. The van der Waals surface area contributed by atoms with Crippen LogP contribution in [-0.2, 0) is 0 Å². The highest BCUT2D eigenvalue weighted by Gasteiger charge is 2.22. The van der Waals surface area contributed by atoms with Crippen LogP contribution in [0.5, 0.6) is 0 Å². The molecule has 0 bridgehead atoms. The Bertz CT molecular complexity index is 155. The zero-order valence-corrected chi connectivity index (χ0v) is 8.22. The molecule has 0 radical (unpaired) electrons. The molecule has 0 aromatic heterocycles. The van der Waals surface area contributed by atoms with Crippen molar-refractivity contribution < 1.29 is 0 Å². The molecule has 0 aromatic carbocycles. The number of hydrogen-bond donors (Lipinski definition) is 0. The zero-order chi connectivity index (χ0) is 8.43. The van der Waals surface area contributed by atoms with Gasteiger partial charge in [-0.25, -0.2) is 0 Å². The van der Waals surface area contributed by atoms with Crippen molar-refractivity contribution in [3.8, 4) is 0 Å². The quantitative estimate of drug-likeness (QED) is 0.503. The maximum absolute atomic E-state index is 2.48. The van der Waals surface area contributed by atoms with Crippen molar-refractivity contribution in [1.82, 2.24) is 0 Å². The minimum Gasteiger partial charge on any atom is -0.0820 e. The highest BCUT2D eigenvalue weighted by molar-refractivity contribution is 5.09. The Kier molecular flexibility index (Phi) is 2.75. The number of rotatable bonds is 1. The van der Waals surface area contributed by atoms with Gasteiger partial charge in [0.05, 0.1) is 0 Å². The molecule has 0 spiro atoms. The number of hydrogen-bond acceptors (Lipinski definition) is 0. The van der Waals surface area contributed by atoms with Crippen molar-refractivity contribution >= 4 is 0 Å². The van der Waals surface area contributed by atoms with Gasteiger partial charge in [0, 0.05) is 0 Å². The third-order valence-corrected chi connectivity index (χ3v) is 3.18. The van der Waals surface area contributed by atoms with Gasteiger partial charge >= 0.3 is 0 Å². The molecule has 64 valence electrons. The zero-order valence-electron chi connectivity index (χ0n) is 8.22. The van der Waals surface area contributed by atoms with E-state index in [4.69, 9.17) is 0 Å². The van der Waals surface area contributed by atoms with E-state index < -0.39 is 0 Å². The first-order valence-electron chi connectivity index (χ1n) is 4.83. The normalized spacial score (nSPS) is 38.5. The standard InChI is InChI=1S/C11H20/c1-5-11-7-9(3)8(2)6-10(11)4/h7-8,10-11H,5-6H2,1-4H3/t8?,10-,11?/m1/s1. The van der Waals surface area contributed by atoms with Crippen LogP contribution >= 0.6 is 0 Å². The molecule has 1 aliphatic rings. The summed E-state index contributed by atoms with van der Waals surface area (Å²) in [5.74, 6) is 2.58. The van der Waals surface area contributed by atoms with E-state index in [1.54, 1.807) is 5.57 Å². The van der Waals surface area contributed by atoms with Crippen LogP contribution in [0.1, 0.15) is 40.5 Å². The van der Waals surface area contributed by atoms with Gasteiger partial charge in [0.2, 0.25) is 0 Å². The van der Waals surface area contributed by atoms with E-state index in [2.05, 4.69) is 33.8 Å². The van der Waals surface area contributed by atoms with Crippen molar-refractivity contribution in [2.75, 3.05) is 0 Å². The summed E-state index contributed by atoms with van der Waals surface area (Å²) < 4.78 is 0. The van der Waals surface area contributed by atoms with Crippen LogP contribution < -0.4 is 0 Å². The second-order valence-electron chi connectivity index (χ2n) is 4.10. The van der Waals surface area contributed by atoms with E-state index in [9.17, 15) is 0 Å². The maximum Gasteiger partial charge on any atom is -0.0208 e. The van der Waals surface area contributed by atoms with Crippen LogP contribution in [0, 0.1) is 17.8 Å². The molecule has 0 nitrogen and oxygen atoms in total. The molecule has 0 amide bonds. The van der Waals surface area contributed by atoms with Crippen molar-refractivity contribution in [2.24, 2.45) is 17.8 Å². The minimum absolute atomic E-state index is 0.827. The third kappa shape index (κ3) is 1.85.